The molecule has 108 valence electrons. The van der Waals surface area contributed by atoms with Gasteiger partial charge in [0.2, 0.25) is 0 Å². The Hall–Kier alpha value is -1.02. The molecular formula is C17H30N2. The normalized spacial score (nSPS) is 12.7. The summed E-state index contributed by atoms with van der Waals surface area (Å²) < 4.78 is 0. The number of benzene rings is 1. The molecule has 2 heteroatoms. The summed E-state index contributed by atoms with van der Waals surface area (Å²) in [5.74, 6) is 0. The number of rotatable bonds is 3. The van der Waals surface area contributed by atoms with Crippen molar-refractivity contribution < 1.29 is 0 Å². The fourth-order valence-corrected chi connectivity index (χ4v) is 2.36. The molecule has 0 aliphatic heterocycles. The van der Waals surface area contributed by atoms with Crippen LogP contribution >= 0.6 is 0 Å². The highest BCUT2D eigenvalue weighted by Gasteiger charge is 2.25. The topological polar surface area (TPSA) is 29.3 Å². The maximum absolute atomic E-state index is 5.90. The molecule has 1 rings (SSSR count). The Morgan fingerprint density at radius 1 is 1.00 bits per heavy atom. The molecule has 0 bridgehead atoms. The predicted molar refractivity (Wildman–Crippen MR) is 86.2 cm³/mol. The molecule has 0 spiro atoms. The van der Waals surface area contributed by atoms with Gasteiger partial charge in [-0.1, -0.05) is 32.9 Å². The molecule has 1 aromatic carbocycles. The van der Waals surface area contributed by atoms with E-state index in [1.165, 1.54) is 22.4 Å². The quantitative estimate of drug-likeness (QED) is 0.898. The zero-order chi connectivity index (χ0) is 15.0. The first-order chi connectivity index (χ1) is 8.50. The SMILES string of the molecule is Cc1cc(C(C)(C)C)cc(C)c1N(C)C(C)(C)CN. The van der Waals surface area contributed by atoms with Gasteiger partial charge in [-0.3, -0.25) is 0 Å². The van der Waals surface area contributed by atoms with E-state index >= 15 is 0 Å². The van der Waals surface area contributed by atoms with Gasteiger partial charge in [-0.2, -0.15) is 0 Å². The number of hydrogen-bond acceptors (Lipinski definition) is 2. The van der Waals surface area contributed by atoms with Gasteiger partial charge in [-0.15, -0.1) is 0 Å². The third-order valence-corrected chi connectivity index (χ3v) is 4.10. The van der Waals surface area contributed by atoms with Crippen molar-refractivity contribution in [1.29, 1.82) is 0 Å². The first-order valence-corrected chi connectivity index (χ1v) is 7.06. The second-order valence-corrected chi connectivity index (χ2v) is 7.28. The van der Waals surface area contributed by atoms with E-state index in [0.29, 0.717) is 6.54 Å². The second-order valence-electron chi connectivity index (χ2n) is 7.28. The van der Waals surface area contributed by atoms with Crippen molar-refractivity contribution in [2.75, 3.05) is 18.5 Å². The van der Waals surface area contributed by atoms with Crippen molar-refractivity contribution in [3.63, 3.8) is 0 Å². The second kappa shape index (κ2) is 5.16. The highest BCUT2D eigenvalue weighted by molar-refractivity contribution is 5.62. The first-order valence-electron chi connectivity index (χ1n) is 7.06. The number of nitrogens with two attached hydrogens (primary N) is 1. The molecule has 19 heavy (non-hydrogen) atoms. The first kappa shape index (κ1) is 16.0. The van der Waals surface area contributed by atoms with E-state index in [2.05, 4.69) is 72.5 Å². The van der Waals surface area contributed by atoms with Gasteiger partial charge in [0.15, 0.2) is 0 Å². The van der Waals surface area contributed by atoms with Gasteiger partial charge in [0.25, 0.3) is 0 Å². The molecule has 0 saturated carbocycles. The van der Waals surface area contributed by atoms with Crippen LogP contribution in [0.15, 0.2) is 12.1 Å². The monoisotopic (exact) mass is 262 g/mol. The maximum atomic E-state index is 5.90. The average Bonchev–Trinajstić information content (AvgIpc) is 2.26. The minimum atomic E-state index is -0.0290. The molecule has 0 unspecified atom stereocenters. The van der Waals surface area contributed by atoms with Crippen LogP contribution in [0, 0.1) is 13.8 Å². The fourth-order valence-electron chi connectivity index (χ4n) is 2.36. The van der Waals surface area contributed by atoms with Crippen molar-refractivity contribution in [3.05, 3.63) is 28.8 Å². The van der Waals surface area contributed by atoms with Crippen LogP contribution in [0.25, 0.3) is 0 Å². The predicted octanol–water partition coefficient (Wildman–Crippen LogP) is 3.77. The molecule has 0 saturated heterocycles. The molecular weight excluding hydrogens is 232 g/mol. The lowest BCUT2D eigenvalue weighted by Gasteiger charge is -2.39. The summed E-state index contributed by atoms with van der Waals surface area (Å²) in [7, 11) is 2.14. The van der Waals surface area contributed by atoms with E-state index in [4.69, 9.17) is 5.73 Å². The van der Waals surface area contributed by atoms with Crippen LogP contribution in [0.4, 0.5) is 5.69 Å². The number of hydrogen-bond donors (Lipinski definition) is 1. The third kappa shape index (κ3) is 3.30. The standard InChI is InChI=1S/C17H30N2/c1-12-9-14(16(3,4)5)10-13(2)15(12)19(8)17(6,7)11-18/h9-10H,11,18H2,1-8H3. The van der Waals surface area contributed by atoms with Gasteiger partial charge < -0.3 is 10.6 Å². The summed E-state index contributed by atoms with van der Waals surface area (Å²) in [6.07, 6.45) is 0. The lowest BCUT2D eigenvalue weighted by Crippen LogP contribution is -2.47. The van der Waals surface area contributed by atoms with Gasteiger partial charge in [-0.05, 0) is 49.8 Å². The Kier molecular flexibility index (Phi) is 4.36. The summed E-state index contributed by atoms with van der Waals surface area (Å²) in [5, 5.41) is 0. The smallest absolute Gasteiger partial charge is 0.0465 e. The Bertz CT molecular complexity index is 430. The Morgan fingerprint density at radius 3 is 1.74 bits per heavy atom. The van der Waals surface area contributed by atoms with Crippen molar-refractivity contribution in [1.82, 2.24) is 0 Å². The molecule has 1 aromatic rings. The minimum Gasteiger partial charge on any atom is -0.368 e. The molecule has 0 radical (unpaired) electrons. The third-order valence-electron chi connectivity index (χ3n) is 4.10. The molecule has 0 heterocycles. The van der Waals surface area contributed by atoms with Crippen LogP contribution in [0.1, 0.15) is 51.3 Å². The Balaban J connectivity index is 3.33. The Morgan fingerprint density at radius 2 is 1.42 bits per heavy atom. The minimum absolute atomic E-state index is 0.0290. The molecule has 0 aliphatic carbocycles. The van der Waals surface area contributed by atoms with Crippen molar-refractivity contribution in [2.24, 2.45) is 5.73 Å². The van der Waals surface area contributed by atoms with Crippen molar-refractivity contribution >= 4 is 5.69 Å². The van der Waals surface area contributed by atoms with Crippen molar-refractivity contribution in [3.8, 4) is 0 Å². The number of aryl methyl sites for hydroxylation is 2. The number of nitrogens with zero attached hydrogens (tertiary/aromatic N) is 1. The molecule has 0 aliphatic rings. The largest absolute Gasteiger partial charge is 0.368 e. The Labute approximate surface area is 119 Å². The number of likely N-dealkylation sites (N-methyl/N-ethyl adjacent to an activating group) is 1. The summed E-state index contributed by atoms with van der Waals surface area (Å²) in [6, 6.07) is 4.62. The van der Waals surface area contributed by atoms with Gasteiger partial charge in [0.1, 0.15) is 0 Å². The summed E-state index contributed by atoms with van der Waals surface area (Å²) >= 11 is 0. The highest BCUT2D eigenvalue weighted by Crippen LogP contribution is 2.33. The van der Waals surface area contributed by atoms with E-state index in [1.807, 2.05) is 0 Å². The number of anilines is 1. The molecule has 0 fully saturated rings. The van der Waals surface area contributed by atoms with Crippen LogP contribution in [0.5, 0.6) is 0 Å². The van der Waals surface area contributed by atoms with Crippen LogP contribution in [-0.4, -0.2) is 19.1 Å². The molecule has 2 nitrogen and oxygen atoms in total. The lowest BCUT2D eigenvalue weighted by molar-refractivity contribution is 0.497. The molecule has 0 amide bonds. The van der Waals surface area contributed by atoms with E-state index in [1.54, 1.807) is 0 Å². The van der Waals surface area contributed by atoms with Gasteiger partial charge in [0, 0.05) is 24.8 Å². The lowest BCUT2D eigenvalue weighted by atomic mass is 9.84. The van der Waals surface area contributed by atoms with Gasteiger partial charge in [-0.25, -0.2) is 0 Å². The van der Waals surface area contributed by atoms with Crippen molar-refractivity contribution in [2.45, 2.75) is 59.4 Å². The maximum Gasteiger partial charge on any atom is 0.0465 e. The zero-order valence-corrected chi connectivity index (χ0v) is 13.9. The van der Waals surface area contributed by atoms with Crippen LogP contribution in [0.3, 0.4) is 0 Å². The highest BCUT2D eigenvalue weighted by atomic mass is 15.2. The van der Waals surface area contributed by atoms with E-state index in [-0.39, 0.29) is 11.0 Å². The van der Waals surface area contributed by atoms with Crippen LogP contribution < -0.4 is 10.6 Å². The molecule has 0 aromatic heterocycles. The van der Waals surface area contributed by atoms with Crippen LogP contribution in [0.2, 0.25) is 0 Å². The van der Waals surface area contributed by atoms with E-state index in [0.717, 1.165) is 0 Å². The van der Waals surface area contributed by atoms with E-state index in [9.17, 15) is 0 Å². The summed E-state index contributed by atoms with van der Waals surface area (Å²) in [5.41, 5.74) is 11.4. The zero-order valence-electron chi connectivity index (χ0n) is 13.9. The van der Waals surface area contributed by atoms with Gasteiger partial charge in [0.05, 0.1) is 0 Å². The van der Waals surface area contributed by atoms with E-state index < -0.39 is 0 Å². The summed E-state index contributed by atoms with van der Waals surface area (Å²) in [4.78, 5) is 2.31. The molecule has 2 N–H and O–H groups in total. The fraction of sp³-hybridized carbons (Fsp3) is 0.647. The average molecular weight is 262 g/mol. The van der Waals surface area contributed by atoms with Crippen LogP contribution in [-0.2, 0) is 5.41 Å². The molecule has 0 atom stereocenters. The van der Waals surface area contributed by atoms with Gasteiger partial charge >= 0.3 is 0 Å². The summed E-state index contributed by atoms with van der Waals surface area (Å²) in [6.45, 7) is 16.2.